The molecule has 1 atom stereocenters. The molecule has 16 heavy (non-hydrogen) atoms. The summed E-state index contributed by atoms with van der Waals surface area (Å²) in [5.74, 6) is 0. The van der Waals surface area contributed by atoms with Crippen LogP contribution in [0.4, 0.5) is 0 Å². The highest BCUT2D eigenvalue weighted by atomic mass is 31.1. The Bertz CT molecular complexity index is 292. The minimum absolute atomic E-state index is 0.322. The Morgan fingerprint density at radius 1 is 0.938 bits per heavy atom. The number of unbranched alkanes of at least 4 members (excludes halogenated alkanes) is 5. The van der Waals surface area contributed by atoms with Crippen LogP contribution in [0.1, 0.15) is 51.0 Å². The Morgan fingerprint density at radius 2 is 1.56 bits per heavy atom. The van der Waals surface area contributed by atoms with Gasteiger partial charge in [-0.15, -0.1) is 0 Å². The maximum atomic E-state index is 10.6. The van der Waals surface area contributed by atoms with Crippen molar-refractivity contribution in [2.24, 2.45) is 0 Å². The van der Waals surface area contributed by atoms with E-state index in [0.29, 0.717) is 0 Å². The van der Waals surface area contributed by atoms with Gasteiger partial charge in [-0.2, -0.15) is 0 Å². The molecule has 1 unspecified atom stereocenters. The molecule has 0 bridgehead atoms. The molecule has 0 fully saturated rings. The third-order valence-corrected chi connectivity index (χ3v) is 3.46. The van der Waals surface area contributed by atoms with Gasteiger partial charge in [0.25, 0.3) is 0 Å². The Kier molecular flexibility index (Phi) is 7.09. The van der Waals surface area contributed by atoms with Crippen molar-refractivity contribution < 1.29 is 4.57 Å². The maximum Gasteiger partial charge on any atom is 0.363 e. The standard InChI is InChI=1S/C14H21OP/c1-2-3-4-5-6-7-8-13-9-11-14(16-15)12-10-13/h9-12H,2-8H2,1H3/p+1. The molecule has 2 heteroatoms. The average Bonchev–Trinajstić information content (AvgIpc) is 2.34. The molecular weight excluding hydrogens is 215 g/mol. The lowest BCUT2D eigenvalue weighted by atomic mass is 10.1. The molecule has 1 rings (SSSR count). The van der Waals surface area contributed by atoms with Crippen molar-refractivity contribution in [3.05, 3.63) is 29.8 Å². The minimum Gasteiger partial charge on any atom is -0.0707 e. The van der Waals surface area contributed by atoms with Gasteiger partial charge in [0.1, 0.15) is 0 Å². The molecule has 0 amide bonds. The van der Waals surface area contributed by atoms with Crippen molar-refractivity contribution in [2.45, 2.75) is 51.9 Å². The molecule has 0 saturated heterocycles. The molecule has 0 N–H and O–H groups in total. The second kappa shape index (κ2) is 8.47. The largest absolute Gasteiger partial charge is 0.363 e. The highest BCUT2D eigenvalue weighted by molar-refractivity contribution is 7.34. The Balaban J connectivity index is 2.14. The van der Waals surface area contributed by atoms with E-state index >= 15 is 0 Å². The molecule has 0 aliphatic heterocycles. The first-order chi connectivity index (χ1) is 7.86. The molecule has 0 aliphatic rings. The molecule has 0 aromatic heterocycles. The van der Waals surface area contributed by atoms with E-state index in [2.05, 4.69) is 19.1 Å². The fraction of sp³-hybridized carbons (Fsp3) is 0.571. The van der Waals surface area contributed by atoms with E-state index in [1.54, 1.807) is 0 Å². The minimum atomic E-state index is -0.322. The van der Waals surface area contributed by atoms with Crippen LogP contribution in [0.25, 0.3) is 0 Å². The molecule has 0 radical (unpaired) electrons. The van der Waals surface area contributed by atoms with Gasteiger partial charge in [-0.1, -0.05) is 55.7 Å². The van der Waals surface area contributed by atoms with Crippen LogP contribution in [0.15, 0.2) is 24.3 Å². The summed E-state index contributed by atoms with van der Waals surface area (Å²) in [6.45, 7) is 2.25. The zero-order valence-corrected chi connectivity index (χ0v) is 11.2. The number of hydrogen-bond acceptors (Lipinski definition) is 1. The highest BCUT2D eigenvalue weighted by Gasteiger charge is 1.99. The van der Waals surface area contributed by atoms with Gasteiger partial charge >= 0.3 is 8.46 Å². The average molecular weight is 237 g/mol. The van der Waals surface area contributed by atoms with Gasteiger partial charge in [-0.25, -0.2) is 0 Å². The second-order valence-corrected chi connectivity index (χ2v) is 5.10. The fourth-order valence-corrected chi connectivity index (χ4v) is 2.15. The Morgan fingerprint density at radius 3 is 2.19 bits per heavy atom. The van der Waals surface area contributed by atoms with Crippen molar-refractivity contribution in [3.8, 4) is 0 Å². The smallest absolute Gasteiger partial charge is 0.0707 e. The summed E-state index contributed by atoms with van der Waals surface area (Å²) >= 11 is 0. The molecule has 0 spiro atoms. The van der Waals surface area contributed by atoms with E-state index in [1.165, 1.54) is 44.1 Å². The summed E-state index contributed by atoms with van der Waals surface area (Å²) in [6, 6.07) is 8.15. The summed E-state index contributed by atoms with van der Waals surface area (Å²) in [5.41, 5.74) is 1.37. The number of rotatable bonds is 8. The molecular formula is C14H22OP+. The van der Waals surface area contributed by atoms with Crippen molar-refractivity contribution in [1.82, 2.24) is 0 Å². The van der Waals surface area contributed by atoms with Crippen LogP contribution in [0, 0.1) is 0 Å². The summed E-state index contributed by atoms with van der Waals surface area (Å²) in [7, 11) is -0.322. The second-order valence-electron chi connectivity index (χ2n) is 4.32. The Labute approximate surface area is 100 Å². The Hall–Kier alpha value is -0.680. The van der Waals surface area contributed by atoms with Crippen LogP contribution in [0.2, 0.25) is 0 Å². The van der Waals surface area contributed by atoms with E-state index in [-0.39, 0.29) is 8.46 Å². The highest BCUT2D eigenvalue weighted by Crippen LogP contribution is 2.09. The van der Waals surface area contributed by atoms with E-state index in [4.69, 9.17) is 0 Å². The van der Waals surface area contributed by atoms with Gasteiger partial charge in [-0.05, 0) is 30.5 Å². The van der Waals surface area contributed by atoms with E-state index < -0.39 is 0 Å². The van der Waals surface area contributed by atoms with Gasteiger partial charge in [0.05, 0.1) is 0 Å². The van der Waals surface area contributed by atoms with Crippen molar-refractivity contribution in [1.29, 1.82) is 0 Å². The number of hydrogen-bond donors (Lipinski definition) is 0. The van der Waals surface area contributed by atoms with E-state index in [9.17, 15) is 4.57 Å². The molecule has 1 aromatic carbocycles. The van der Waals surface area contributed by atoms with E-state index in [0.717, 1.165) is 11.7 Å². The van der Waals surface area contributed by atoms with Crippen molar-refractivity contribution >= 4 is 13.8 Å². The summed E-state index contributed by atoms with van der Waals surface area (Å²) in [4.78, 5) is 0. The normalized spacial score (nSPS) is 10.8. The summed E-state index contributed by atoms with van der Waals surface area (Å²) in [5, 5.41) is 0.923. The van der Waals surface area contributed by atoms with Crippen LogP contribution < -0.4 is 5.30 Å². The molecule has 1 aromatic rings. The lowest BCUT2D eigenvalue weighted by Gasteiger charge is -2.01. The quantitative estimate of drug-likeness (QED) is 0.488. The fourth-order valence-electron chi connectivity index (χ4n) is 1.85. The van der Waals surface area contributed by atoms with Gasteiger partial charge in [0, 0.05) is 0 Å². The van der Waals surface area contributed by atoms with Crippen molar-refractivity contribution in [3.63, 3.8) is 0 Å². The predicted molar refractivity (Wildman–Crippen MR) is 72.2 cm³/mol. The first-order valence-corrected chi connectivity index (χ1v) is 7.24. The molecule has 1 nitrogen and oxygen atoms in total. The van der Waals surface area contributed by atoms with Gasteiger partial charge in [0.15, 0.2) is 5.30 Å². The monoisotopic (exact) mass is 237 g/mol. The van der Waals surface area contributed by atoms with Crippen LogP contribution in [-0.2, 0) is 11.0 Å². The number of benzene rings is 1. The summed E-state index contributed by atoms with van der Waals surface area (Å²) in [6.07, 6.45) is 9.22. The van der Waals surface area contributed by atoms with Gasteiger partial charge in [-0.3, -0.25) is 0 Å². The third-order valence-electron chi connectivity index (χ3n) is 2.89. The zero-order valence-electron chi connectivity index (χ0n) is 10.2. The maximum absolute atomic E-state index is 10.6. The molecule has 0 heterocycles. The molecule has 0 saturated carbocycles. The predicted octanol–water partition coefficient (Wildman–Crippen LogP) is 4.24. The van der Waals surface area contributed by atoms with Crippen molar-refractivity contribution in [2.75, 3.05) is 0 Å². The van der Waals surface area contributed by atoms with Crippen LogP contribution in [-0.4, -0.2) is 0 Å². The first-order valence-electron chi connectivity index (χ1n) is 6.34. The van der Waals surface area contributed by atoms with Crippen LogP contribution in [0.3, 0.4) is 0 Å². The zero-order chi connectivity index (χ0) is 11.6. The lowest BCUT2D eigenvalue weighted by molar-refractivity contribution is 0.603. The third kappa shape index (κ3) is 5.42. The van der Waals surface area contributed by atoms with Gasteiger partial charge < -0.3 is 0 Å². The van der Waals surface area contributed by atoms with Crippen LogP contribution in [0.5, 0.6) is 0 Å². The SMILES string of the molecule is CCCCCCCCc1ccc([PH+]=O)cc1. The topological polar surface area (TPSA) is 17.1 Å². The summed E-state index contributed by atoms with van der Waals surface area (Å²) < 4.78 is 10.6. The van der Waals surface area contributed by atoms with Gasteiger partial charge in [0.2, 0.25) is 0 Å². The first kappa shape index (κ1) is 13.4. The number of aryl methyl sites for hydroxylation is 1. The molecule has 88 valence electrons. The van der Waals surface area contributed by atoms with Crippen LogP contribution >= 0.6 is 8.46 Å². The molecule has 0 aliphatic carbocycles. The van der Waals surface area contributed by atoms with E-state index in [1.807, 2.05) is 12.1 Å². The lowest BCUT2D eigenvalue weighted by Crippen LogP contribution is -1.92.